The summed E-state index contributed by atoms with van der Waals surface area (Å²) < 4.78 is 15.0. The number of hydrogen-bond acceptors (Lipinski definition) is 7. The molecule has 0 bridgehead atoms. The Balaban J connectivity index is 1.23. The van der Waals surface area contributed by atoms with Crippen molar-refractivity contribution < 1.29 is 18.8 Å². The van der Waals surface area contributed by atoms with Gasteiger partial charge in [-0.3, -0.25) is 14.4 Å². The van der Waals surface area contributed by atoms with Gasteiger partial charge in [0.2, 0.25) is 11.8 Å². The molecule has 2 aromatic rings. The van der Waals surface area contributed by atoms with Gasteiger partial charge in [-0.15, -0.1) is 0 Å². The van der Waals surface area contributed by atoms with E-state index in [9.17, 15) is 14.4 Å². The van der Waals surface area contributed by atoms with Crippen molar-refractivity contribution in [2.75, 3.05) is 19.6 Å². The van der Waals surface area contributed by atoms with E-state index in [1.807, 2.05) is 43.6 Å². The van der Waals surface area contributed by atoms with Crippen LogP contribution in [0.25, 0.3) is 0 Å². The minimum Gasteiger partial charge on any atom is -0.334 e. The molecule has 254 valence electrons. The molecule has 4 aliphatic heterocycles. The monoisotopic (exact) mass is 712 g/mol. The molecular formula is C35H39Cl2FN6O3S. The highest BCUT2D eigenvalue weighted by molar-refractivity contribution is 8.18. The number of nitrogens with zero attached hydrogens (tertiary/aromatic N) is 6. The lowest BCUT2D eigenvalue weighted by molar-refractivity contribution is -0.151. The number of amides is 3. The minimum atomic E-state index is -0.891. The average molecular weight is 714 g/mol. The second-order valence-corrected chi connectivity index (χ2v) is 15.9. The highest BCUT2D eigenvalue weighted by Crippen LogP contribution is 2.56. The Morgan fingerprint density at radius 1 is 1.10 bits per heavy atom. The van der Waals surface area contributed by atoms with Crippen LogP contribution in [0.5, 0.6) is 0 Å². The molecule has 1 spiro atoms. The van der Waals surface area contributed by atoms with E-state index in [1.54, 1.807) is 36.2 Å². The van der Waals surface area contributed by atoms with E-state index in [4.69, 9.17) is 28.2 Å². The first-order chi connectivity index (χ1) is 22.8. The summed E-state index contributed by atoms with van der Waals surface area (Å²) in [5.74, 6) is -0.832. The molecule has 13 heteroatoms. The zero-order valence-corrected chi connectivity index (χ0v) is 30.0. The second-order valence-electron chi connectivity index (χ2n) is 14.2. The van der Waals surface area contributed by atoms with Gasteiger partial charge in [-0.05, 0) is 81.0 Å². The van der Waals surface area contributed by atoms with E-state index >= 15 is 4.39 Å². The number of aromatic nitrogens is 1. The zero-order valence-electron chi connectivity index (χ0n) is 27.7. The van der Waals surface area contributed by atoms with Crippen molar-refractivity contribution in [3.63, 3.8) is 0 Å². The number of carbonyl (C=O) groups is 3. The van der Waals surface area contributed by atoms with Gasteiger partial charge in [0.15, 0.2) is 5.17 Å². The Morgan fingerprint density at radius 2 is 1.85 bits per heavy atom. The van der Waals surface area contributed by atoms with Gasteiger partial charge in [0, 0.05) is 50.1 Å². The summed E-state index contributed by atoms with van der Waals surface area (Å²) in [4.78, 5) is 58.9. The molecule has 1 aliphatic carbocycles. The fourth-order valence-corrected chi connectivity index (χ4v) is 9.62. The standard InChI is InChI=1S/C35H39Cl2FN6O3S/c1-19(2)28-29(32(47)41-14-6-7-26(41)31(46)42-18-35(12-13-35)43(21(4)45)17-20(42)3)48-33-40-34(5,23-9-11-27(37)39-16-23)30(44(28)33)22-8-10-24(36)25(38)15-22/h8-11,15-16,19-20,26,30H,6-7,12-14,17-18H2,1-5H3/t20-,26?,30+,34-/m0/s1. The van der Waals surface area contributed by atoms with Crippen LogP contribution in [-0.2, 0) is 19.9 Å². The first kappa shape index (κ1) is 33.4. The molecule has 0 radical (unpaired) electrons. The number of halogens is 3. The van der Waals surface area contributed by atoms with Crippen LogP contribution >= 0.6 is 35.0 Å². The number of carbonyl (C=O) groups excluding carboxylic acids is 3. The molecule has 0 N–H and O–H groups in total. The molecule has 9 nitrogen and oxygen atoms in total. The van der Waals surface area contributed by atoms with Crippen molar-refractivity contribution in [1.82, 2.24) is 24.6 Å². The number of rotatable bonds is 5. The molecule has 1 saturated carbocycles. The van der Waals surface area contributed by atoms with Crippen LogP contribution in [0.2, 0.25) is 10.2 Å². The van der Waals surface area contributed by atoms with E-state index in [1.165, 1.54) is 17.8 Å². The SMILES string of the molecule is CC(=O)N1C[C@H](C)N(C(=O)C2CCCN2C(=O)C2=C(C(C)C)N3C(=N[C@@](C)(c4ccc(Cl)nc4)[C@H]3c3ccc(Cl)c(F)c3)S2)CC12CC2. The van der Waals surface area contributed by atoms with Crippen molar-refractivity contribution in [3.05, 3.63) is 74.3 Å². The third-order valence-corrected chi connectivity index (χ3v) is 12.2. The maximum Gasteiger partial charge on any atom is 0.263 e. The number of pyridine rings is 1. The fraction of sp³-hybridized carbons (Fsp3) is 0.514. The van der Waals surface area contributed by atoms with Gasteiger partial charge >= 0.3 is 0 Å². The van der Waals surface area contributed by atoms with Gasteiger partial charge in [0.1, 0.15) is 27.5 Å². The number of allylic oxidation sites excluding steroid dienone is 1. The summed E-state index contributed by atoms with van der Waals surface area (Å²) in [5, 5.41) is 1.00. The van der Waals surface area contributed by atoms with Crippen LogP contribution in [0.4, 0.5) is 4.39 Å². The van der Waals surface area contributed by atoms with Crippen LogP contribution in [-0.4, -0.2) is 84.7 Å². The maximum atomic E-state index is 15.0. The van der Waals surface area contributed by atoms with Gasteiger partial charge in [-0.25, -0.2) is 14.4 Å². The average Bonchev–Trinajstić information content (AvgIpc) is 3.34. The number of aliphatic imine (C=N–C) groups is 1. The van der Waals surface area contributed by atoms with Gasteiger partial charge in [0.05, 0.1) is 16.6 Å². The molecule has 4 atom stereocenters. The van der Waals surface area contributed by atoms with E-state index in [-0.39, 0.29) is 40.2 Å². The topological polar surface area (TPSA) is 89.4 Å². The zero-order chi connectivity index (χ0) is 34.3. The van der Waals surface area contributed by atoms with Crippen molar-refractivity contribution >= 4 is 57.9 Å². The van der Waals surface area contributed by atoms with Gasteiger partial charge in [-0.1, -0.05) is 49.2 Å². The molecule has 1 aromatic carbocycles. The van der Waals surface area contributed by atoms with E-state index in [0.29, 0.717) is 46.8 Å². The number of amidine groups is 1. The molecule has 48 heavy (non-hydrogen) atoms. The lowest BCUT2D eigenvalue weighted by atomic mass is 9.81. The Hall–Kier alpha value is -3.15. The molecule has 5 aliphatic rings. The molecule has 1 unspecified atom stereocenters. The van der Waals surface area contributed by atoms with Crippen LogP contribution in [0.15, 0.2) is 52.1 Å². The van der Waals surface area contributed by atoms with Gasteiger partial charge in [-0.2, -0.15) is 0 Å². The molecule has 2 saturated heterocycles. The molecular weight excluding hydrogens is 674 g/mol. The number of hydrogen-bond donors (Lipinski definition) is 0. The van der Waals surface area contributed by atoms with Crippen molar-refractivity contribution in [2.45, 2.75) is 89.5 Å². The van der Waals surface area contributed by atoms with Crippen molar-refractivity contribution in [3.8, 4) is 0 Å². The Labute approximate surface area is 294 Å². The van der Waals surface area contributed by atoms with Crippen molar-refractivity contribution in [1.29, 1.82) is 0 Å². The van der Waals surface area contributed by atoms with Gasteiger partial charge < -0.3 is 19.6 Å². The number of piperazine rings is 1. The maximum absolute atomic E-state index is 15.0. The third-order valence-electron chi connectivity index (χ3n) is 10.6. The van der Waals surface area contributed by atoms with Crippen LogP contribution < -0.4 is 0 Å². The first-order valence-corrected chi connectivity index (χ1v) is 18.1. The van der Waals surface area contributed by atoms with E-state index < -0.39 is 23.4 Å². The summed E-state index contributed by atoms with van der Waals surface area (Å²) in [6.07, 6.45) is 4.78. The molecule has 5 heterocycles. The normalized spacial score (nSPS) is 27.7. The quantitative estimate of drug-likeness (QED) is 0.335. The minimum absolute atomic E-state index is 0.0217. The van der Waals surface area contributed by atoms with Gasteiger partial charge in [0.25, 0.3) is 5.91 Å². The number of likely N-dealkylation sites (tertiary alicyclic amines) is 1. The Bertz CT molecular complexity index is 1760. The number of thioether (sulfide) groups is 1. The highest BCUT2D eigenvalue weighted by Gasteiger charge is 2.57. The lowest BCUT2D eigenvalue weighted by Crippen LogP contribution is -2.63. The van der Waals surface area contributed by atoms with Crippen LogP contribution in [0, 0.1) is 11.7 Å². The predicted molar refractivity (Wildman–Crippen MR) is 185 cm³/mol. The van der Waals surface area contributed by atoms with Crippen molar-refractivity contribution in [2.24, 2.45) is 10.9 Å². The first-order valence-electron chi connectivity index (χ1n) is 16.5. The Kier molecular flexibility index (Phi) is 8.35. The number of fused-ring (bicyclic) bond motifs is 1. The highest BCUT2D eigenvalue weighted by atomic mass is 35.5. The van der Waals surface area contributed by atoms with Crippen LogP contribution in [0.3, 0.4) is 0 Å². The summed E-state index contributed by atoms with van der Waals surface area (Å²) in [7, 11) is 0. The Morgan fingerprint density at radius 3 is 2.48 bits per heavy atom. The molecule has 7 rings (SSSR count). The lowest BCUT2D eigenvalue weighted by Gasteiger charge is -2.47. The fourth-order valence-electron chi connectivity index (χ4n) is 8.02. The summed E-state index contributed by atoms with van der Waals surface area (Å²) in [6, 6.07) is 7.13. The second kappa shape index (κ2) is 12.0. The van der Waals surface area contributed by atoms with E-state index in [0.717, 1.165) is 30.5 Å². The summed E-state index contributed by atoms with van der Waals surface area (Å²) >= 11 is 13.6. The molecule has 3 fully saturated rings. The third kappa shape index (κ3) is 5.31. The molecule has 3 amide bonds. The largest absolute Gasteiger partial charge is 0.334 e. The number of benzene rings is 1. The molecule has 1 aromatic heterocycles. The smallest absolute Gasteiger partial charge is 0.263 e. The van der Waals surface area contributed by atoms with E-state index in [2.05, 4.69) is 9.88 Å². The summed E-state index contributed by atoms with van der Waals surface area (Å²) in [6.45, 7) is 11.1. The summed E-state index contributed by atoms with van der Waals surface area (Å²) in [5.41, 5.74) is 1.07. The predicted octanol–water partition coefficient (Wildman–Crippen LogP) is 6.37. The van der Waals surface area contributed by atoms with Crippen LogP contribution in [0.1, 0.15) is 77.5 Å².